The quantitative estimate of drug-likeness (QED) is 0.401. The first-order valence-corrected chi connectivity index (χ1v) is 11.4. The lowest BCUT2D eigenvalue weighted by molar-refractivity contribution is 0.374. The van der Waals surface area contributed by atoms with Gasteiger partial charge in [0.1, 0.15) is 29.0 Å². The Hall–Kier alpha value is -2.87. The molecule has 172 valence electrons. The van der Waals surface area contributed by atoms with Gasteiger partial charge in [-0.25, -0.2) is 14.4 Å². The molecule has 33 heavy (non-hydrogen) atoms. The molecule has 2 aromatic carbocycles. The van der Waals surface area contributed by atoms with Crippen molar-refractivity contribution in [1.82, 2.24) is 20.2 Å². The van der Waals surface area contributed by atoms with Crippen molar-refractivity contribution in [2.24, 2.45) is 4.99 Å². The van der Waals surface area contributed by atoms with Gasteiger partial charge in [-0.1, -0.05) is 54.0 Å². The lowest BCUT2D eigenvalue weighted by Crippen LogP contribution is -2.30. The van der Waals surface area contributed by atoms with E-state index in [0.717, 1.165) is 25.9 Å². The minimum absolute atomic E-state index is 0.158. The Morgan fingerprint density at radius 1 is 1.21 bits per heavy atom. The van der Waals surface area contributed by atoms with Crippen LogP contribution >= 0.6 is 23.2 Å². The smallest absolute Gasteiger partial charge is 0.145 e. The molecule has 9 heteroatoms. The molecule has 1 aliphatic heterocycles. The summed E-state index contributed by atoms with van der Waals surface area (Å²) in [6.45, 7) is 5.93. The summed E-state index contributed by atoms with van der Waals surface area (Å²) in [5, 5.41) is 7.37. The minimum Gasteiger partial charge on any atom is -0.383 e. The van der Waals surface area contributed by atoms with Crippen LogP contribution in [0.15, 0.2) is 59.9 Å². The number of piperidine rings is 1. The average Bonchev–Trinajstić information content (AvgIpc) is 3.13. The third-order valence-electron chi connectivity index (χ3n) is 5.62. The number of nitrogens with two attached hydrogens (primary N) is 1. The van der Waals surface area contributed by atoms with Crippen molar-refractivity contribution in [3.63, 3.8) is 0 Å². The molecule has 4 N–H and O–H groups in total. The first-order valence-electron chi connectivity index (χ1n) is 10.7. The Labute approximate surface area is 202 Å². The van der Waals surface area contributed by atoms with E-state index in [-0.39, 0.29) is 18.4 Å². The van der Waals surface area contributed by atoms with Gasteiger partial charge in [-0.2, -0.15) is 0 Å². The van der Waals surface area contributed by atoms with E-state index in [2.05, 4.69) is 22.2 Å². The van der Waals surface area contributed by atoms with E-state index in [9.17, 15) is 4.39 Å². The number of aromatic nitrogens is 2. The van der Waals surface area contributed by atoms with E-state index in [4.69, 9.17) is 33.9 Å². The van der Waals surface area contributed by atoms with E-state index < -0.39 is 0 Å². The van der Waals surface area contributed by atoms with Gasteiger partial charge in [-0.15, -0.1) is 0 Å². The third-order valence-corrected chi connectivity index (χ3v) is 6.25. The van der Waals surface area contributed by atoms with Crippen LogP contribution < -0.4 is 16.4 Å². The Kier molecular flexibility index (Phi) is 7.33. The largest absolute Gasteiger partial charge is 0.383 e. The molecule has 0 radical (unpaired) electrons. The number of nitrogens with zero attached hydrogens (tertiary/aromatic N) is 3. The van der Waals surface area contributed by atoms with Crippen molar-refractivity contribution in [2.75, 3.05) is 18.8 Å². The zero-order valence-corrected chi connectivity index (χ0v) is 19.5. The van der Waals surface area contributed by atoms with Gasteiger partial charge in [0, 0.05) is 18.2 Å². The number of nitrogen functional groups attached to an aromatic ring is 1. The van der Waals surface area contributed by atoms with E-state index in [1.54, 1.807) is 42.6 Å². The molecule has 2 heterocycles. The van der Waals surface area contributed by atoms with Crippen LogP contribution in [0.1, 0.15) is 30.1 Å². The van der Waals surface area contributed by atoms with Crippen LogP contribution in [0.3, 0.4) is 0 Å². The highest BCUT2D eigenvalue weighted by Crippen LogP contribution is 2.38. The number of hydrogen-bond acceptors (Lipinski definition) is 5. The van der Waals surface area contributed by atoms with E-state index >= 15 is 0 Å². The van der Waals surface area contributed by atoms with Gasteiger partial charge in [-0.3, -0.25) is 0 Å². The Morgan fingerprint density at radius 3 is 2.61 bits per heavy atom. The maximum atomic E-state index is 13.8. The first kappa shape index (κ1) is 23.3. The van der Waals surface area contributed by atoms with Gasteiger partial charge in [-0.05, 0) is 44.1 Å². The summed E-state index contributed by atoms with van der Waals surface area (Å²) in [4.78, 5) is 9.10. The fraction of sp³-hybridized carbons (Fsp3) is 0.250. The van der Waals surface area contributed by atoms with Gasteiger partial charge in [0.05, 0.1) is 21.8 Å². The summed E-state index contributed by atoms with van der Waals surface area (Å²) in [5.74, 6) is 1.18. The molecule has 0 atom stereocenters. The summed E-state index contributed by atoms with van der Waals surface area (Å²) in [7, 11) is 0. The summed E-state index contributed by atoms with van der Waals surface area (Å²) < 4.78 is 15.8. The second kappa shape index (κ2) is 10.4. The Morgan fingerprint density at radius 2 is 1.91 bits per heavy atom. The molecule has 1 aliphatic rings. The summed E-state index contributed by atoms with van der Waals surface area (Å²) >= 11 is 13.0. The number of hydrogen-bond donors (Lipinski definition) is 3. The molecular weight excluding hydrogens is 462 g/mol. The molecule has 0 unspecified atom stereocenters. The molecule has 4 rings (SSSR count). The molecule has 1 aromatic heterocycles. The van der Waals surface area contributed by atoms with Crippen LogP contribution in [-0.2, 0) is 6.54 Å². The third kappa shape index (κ3) is 5.21. The van der Waals surface area contributed by atoms with Crippen LogP contribution in [-0.4, -0.2) is 28.9 Å². The fourth-order valence-corrected chi connectivity index (χ4v) is 4.47. The molecule has 0 spiro atoms. The maximum Gasteiger partial charge on any atom is 0.145 e. The highest BCUT2D eigenvalue weighted by molar-refractivity contribution is 6.39. The van der Waals surface area contributed by atoms with E-state index in [1.807, 2.05) is 4.57 Å². The van der Waals surface area contributed by atoms with Gasteiger partial charge < -0.3 is 20.9 Å². The first-order chi connectivity index (χ1) is 16.0. The standard InChI is InChI=1S/C24H25Cl2FN6/c1-15(30-13-16-5-2-3-8-20(16)27)31-14-21-23(28)33(17-9-11-29-12-10-17)24(32-21)22-18(25)6-4-7-19(22)26/h2-8,14,17,29-30H,1,9-13,28H2/b31-14-. The van der Waals surface area contributed by atoms with Crippen LogP contribution in [0.5, 0.6) is 0 Å². The Balaban J connectivity index is 1.62. The SMILES string of the molecule is C=C(/N=C\c1nc(-c2c(Cl)cccc2Cl)n(C2CCNCC2)c1N)NCc1ccccc1F. The van der Waals surface area contributed by atoms with Crippen molar-refractivity contribution in [2.45, 2.75) is 25.4 Å². The molecule has 0 bridgehead atoms. The second-order valence-electron chi connectivity index (χ2n) is 7.80. The van der Waals surface area contributed by atoms with Crippen molar-refractivity contribution in [1.29, 1.82) is 0 Å². The molecule has 0 saturated carbocycles. The molecule has 1 fully saturated rings. The van der Waals surface area contributed by atoms with Crippen LogP contribution in [0, 0.1) is 5.82 Å². The highest BCUT2D eigenvalue weighted by Gasteiger charge is 2.26. The van der Waals surface area contributed by atoms with Crippen molar-refractivity contribution >= 4 is 35.2 Å². The number of rotatable bonds is 7. The van der Waals surface area contributed by atoms with Crippen LogP contribution in [0.4, 0.5) is 10.2 Å². The van der Waals surface area contributed by atoms with Crippen molar-refractivity contribution in [3.8, 4) is 11.4 Å². The Bertz CT molecular complexity index is 1160. The molecule has 0 amide bonds. The lowest BCUT2D eigenvalue weighted by Gasteiger charge is -2.26. The maximum absolute atomic E-state index is 13.8. The minimum atomic E-state index is -0.284. The summed E-state index contributed by atoms with van der Waals surface area (Å²) in [5.41, 5.74) is 8.21. The molecule has 3 aromatic rings. The zero-order chi connectivity index (χ0) is 23.4. The predicted molar refractivity (Wildman–Crippen MR) is 133 cm³/mol. The lowest BCUT2D eigenvalue weighted by atomic mass is 10.1. The second-order valence-corrected chi connectivity index (χ2v) is 8.62. The van der Waals surface area contributed by atoms with E-state index in [0.29, 0.717) is 44.3 Å². The fourth-order valence-electron chi connectivity index (χ4n) is 3.90. The molecular formula is C24H25Cl2FN6. The topological polar surface area (TPSA) is 80.3 Å². The molecule has 0 aliphatic carbocycles. The number of benzene rings is 2. The number of nitrogens with one attached hydrogen (secondary N) is 2. The highest BCUT2D eigenvalue weighted by atomic mass is 35.5. The monoisotopic (exact) mass is 486 g/mol. The number of halogens is 3. The van der Waals surface area contributed by atoms with E-state index in [1.165, 1.54) is 6.07 Å². The average molecular weight is 487 g/mol. The number of aliphatic imine (C=N–C) groups is 1. The normalized spacial score (nSPS) is 14.6. The van der Waals surface area contributed by atoms with Gasteiger partial charge in [0.2, 0.25) is 0 Å². The number of anilines is 1. The summed E-state index contributed by atoms with van der Waals surface area (Å²) in [6, 6.07) is 12.1. The predicted octanol–water partition coefficient (Wildman–Crippen LogP) is 5.18. The van der Waals surface area contributed by atoms with Gasteiger partial charge in [0.25, 0.3) is 0 Å². The molecule has 6 nitrogen and oxygen atoms in total. The molecule has 1 saturated heterocycles. The van der Waals surface area contributed by atoms with Crippen LogP contribution in [0.25, 0.3) is 11.4 Å². The van der Waals surface area contributed by atoms with Gasteiger partial charge in [0.15, 0.2) is 0 Å². The van der Waals surface area contributed by atoms with Crippen molar-refractivity contribution in [3.05, 3.63) is 82.0 Å². The van der Waals surface area contributed by atoms with Crippen LogP contribution in [0.2, 0.25) is 10.0 Å². The van der Waals surface area contributed by atoms with Gasteiger partial charge >= 0.3 is 0 Å². The summed E-state index contributed by atoms with van der Waals surface area (Å²) in [6.07, 6.45) is 3.37. The zero-order valence-electron chi connectivity index (χ0n) is 18.0. The number of imidazole rings is 1. The van der Waals surface area contributed by atoms with Crippen molar-refractivity contribution < 1.29 is 4.39 Å².